The molecule has 0 aliphatic rings. The van der Waals surface area contributed by atoms with Crippen molar-refractivity contribution in [1.82, 2.24) is 9.13 Å². The number of aromatic nitrogens is 2. The van der Waals surface area contributed by atoms with E-state index in [1.807, 2.05) is 6.08 Å². The average Bonchev–Trinajstić information content (AvgIpc) is 3.58. The number of nitrogens with zero attached hydrogens (tertiary/aromatic N) is 2. The fraction of sp³-hybridized carbons (Fsp3) is 0. The highest BCUT2D eigenvalue weighted by atomic mass is 15.0. The first-order valence-electron chi connectivity index (χ1n) is 14.7. The van der Waals surface area contributed by atoms with Crippen LogP contribution in [0.5, 0.6) is 0 Å². The van der Waals surface area contributed by atoms with Gasteiger partial charge >= 0.3 is 0 Å². The summed E-state index contributed by atoms with van der Waals surface area (Å²) < 4.78 is 4.83. The van der Waals surface area contributed by atoms with Crippen LogP contribution < -0.4 is 10.9 Å². The maximum Gasteiger partial charge on any atom is 0.242 e. The summed E-state index contributed by atoms with van der Waals surface area (Å²) in [6.07, 6.45) is 1.93. The Morgan fingerprint density at radius 1 is 0.512 bits per heavy atom. The van der Waals surface area contributed by atoms with Crippen molar-refractivity contribution >= 4 is 61.3 Å². The molecule has 6 aromatic carbocycles. The highest BCUT2D eigenvalue weighted by Crippen LogP contribution is 2.39. The lowest BCUT2D eigenvalue weighted by Gasteiger charge is -2.19. The summed E-state index contributed by atoms with van der Waals surface area (Å²) in [7, 11) is 0. The first-order valence-corrected chi connectivity index (χ1v) is 14.7. The maximum absolute atomic E-state index is 4.60. The van der Waals surface area contributed by atoms with Crippen molar-refractivity contribution in [3.63, 3.8) is 0 Å². The molecule has 2 aromatic heterocycles. The Balaban J connectivity index is 1.68. The van der Waals surface area contributed by atoms with E-state index < -0.39 is 0 Å². The van der Waals surface area contributed by atoms with Crippen molar-refractivity contribution in [3.8, 4) is 11.4 Å². The molecule has 0 unspecified atom stereocenters. The molecule has 8 aromatic rings. The minimum absolute atomic E-state index is 0.0880. The zero-order chi connectivity index (χ0) is 28.9. The minimum Gasteiger partial charge on any atom is -0.309 e. The molecule has 2 heterocycles. The number of para-hydroxylation sites is 4. The topological polar surface area (TPSA) is 9.86 Å². The third-order valence-electron chi connectivity index (χ3n) is 8.72. The molecule has 0 amide bonds. The summed E-state index contributed by atoms with van der Waals surface area (Å²) in [6.45, 7) is 8.72. The number of fused-ring (bicyclic) bond motifs is 6. The molecule has 0 bridgehead atoms. The fourth-order valence-corrected chi connectivity index (χ4v) is 6.94. The van der Waals surface area contributed by atoms with Gasteiger partial charge in [0.05, 0.1) is 22.1 Å². The molecule has 0 radical (unpaired) electrons. The summed E-state index contributed by atoms with van der Waals surface area (Å²) >= 11 is 0. The second-order valence-corrected chi connectivity index (χ2v) is 11.1. The van der Waals surface area contributed by atoms with Crippen molar-refractivity contribution in [2.75, 3.05) is 0 Å². The molecule has 8 rings (SSSR count). The molecule has 0 saturated heterocycles. The van der Waals surface area contributed by atoms with Crippen LogP contribution >= 0.6 is 0 Å². The largest absolute Gasteiger partial charge is 0.309 e. The Labute approximate surface area is 251 Å². The summed E-state index contributed by atoms with van der Waals surface area (Å²) in [4.78, 5) is 0. The first-order chi connectivity index (χ1) is 21.3. The lowest BCUT2D eigenvalue weighted by Crippen LogP contribution is -2.44. The van der Waals surface area contributed by atoms with Crippen LogP contribution in [0.2, 0.25) is 0 Å². The summed E-state index contributed by atoms with van der Waals surface area (Å²) in [5.74, 6) is 0. The molecule has 0 aliphatic heterocycles. The van der Waals surface area contributed by atoms with E-state index in [0.29, 0.717) is 0 Å². The number of allylic oxidation sites excluding steroid dienone is 2. The van der Waals surface area contributed by atoms with Gasteiger partial charge in [0.25, 0.3) is 0 Å². The Bertz CT molecular complexity index is 2180. The summed E-state index contributed by atoms with van der Waals surface area (Å²) in [5.41, 5.74) is 10.4. The van der Waals surface area contributed by atoms with E-state index in [0.717, 1.165) is 16.8 Å². The van der Waals surface area contributed by atoms with Gasteiger partial charge in [0, 0.05) is 32.9 Å². The molecular weight excluding hydrogens is 519 g/mol. The van der Waals surface area contributed by atoms with Crippen LogP contribution in [-0.2, 0) is 0 Å². The monoisotopic (exact) mass is 548 g/mol. The molecule has 0 fully saturated rings. The number of rotatable bonds is 6. The highest BCUT2D eigenvalue weighted by molar-refractivity contribution is 6.95. The molecule has 3 heteroatoms. The third kappa shape index (κ3) is 3.82. The van der Waals surface area contributed by atoms with Gasteiger partial charge in [-0.1, -0.05) is 127 Å². The van der Waals surface area contributed by atoms with Gasteiger partial charge in [-0.2, -0.15) is 0 Å². The normalized spacial score (nSPS) is 11.4. The van der Waals surface area contributed by atoms with Crippen molar-refractivity contribution < 1.29 is 0 Å². The number of hydrogen-bond donors (Lipinski definition) is 0. The van der Waals surface area contributed by atoms with Crippen LogP contribution in [-0.4, -0.2) is 15.8 Å². The second kappa shape index (κ2) is 10.1. The average molecular weight is 548 g/mol. The maximum atomic E-state index is 4.60. The van der Waals surface area contributed by atoms with Gasteiger partial charge in [-0.05, 0) is 47.9 Å². The van der Waals surface area contributed by atoms with Crippen molar-refractivity contribution in [2.45, 2.75) is 0 Å². The molecule has 202 valence electrons. The van der Waals surface area contributed by atoms with Gasteiger partial charge in [-0.15, -0.1) is 6.58 Å². The fourth-order valence-electron chi connectivity index (χ4n) is 6.94. The van der Waals surface area contributed by atoms with E-state index >= 15 is 0 Å². The van der Waals surface area contributed by atoms with E-state index in [4.69, 9.17) is 0 Å². The quantitative estimate of drug-likeness (QED) is 0.145. The third-order valence-corrected chi connectivity index (χ3v) is 8.72. The van der Waals surface area contributed by atoms with Crippen LogP contribution in [0.25, 0.3) is 55.0 Å². The van der Waals surface area contributed by atoms with Gasteiger partial charge in [0.15, 0.2) is 0 Å². The zero-order valence-electron chi connectivity index (χ0n) is 23.8. The van der Waals surface area contributed by atoms with Crippen molar-refractivity contribution in [1.29, 1.82) is 0 Å². The van der Waals surface area contributed by atoms with Crippen molar-refractivity contribution in [3.05, 3.63) is 170 Å². The predicted molar refractivity (Wildman–Crippen MR) is 186 cm³/mol. The molecular formula is C40H29BN2. The van der Waals surface area contributed by atoms with Gasteiger partial charge in [0.2, 0.25) is 6.71 Å². The van der Waals surface area contributed by atoms with E-state index in [1.165, 1.54) is 54.5 Å². The zero-order valence-corrected chi connectivity index (χ0v) is 23.8. The number of hydrogen-bond acceptors (Lipinski definition) is 0. The molecule has 0 aliphatic carbocycles. The van der Waals surface area contributed by atoms with Crippen LogP contribution in [0, 0.1) is 0 Å². The van der Waals surface area contributed by atoms with E-state index in [1.54, 1.807) is 0 Å². The van der Waals surface area contributed by atoms with E-state index in [-0.39, 0.29) is 6.71 Å². The van der Waals surface area contributed by atoms with Gasteiger partial charge in [-0.25, -0.2) is 0 Å². The summed E-state index contributed by atoms with van der Waals surface area (Å²) in [6, 6.07) is 52.1. The smallest absolute Gasteiger partial charge is 0.242 e. The predicted octanol–water partition coefficient (Wildman–Crippen LogP) is 8.77. The Morgan fingerprint density at radius 3 is 1.40 bits per heavy atom. The molecule has 43 heavy (non-hydrogen) atoms. The van der Waals surface area contributed by atoms with Crippen LogP contribution in [0.15, 0.2) is 170 Å². The lowest BCUT2D eigenvalue weighted by molar-refractivity contribution is 1.16. The van der Waals surface area contributed by atoms with Gasteiger partial charge in [-0.3, -0.25) is 0 Å². The van der Waals surface area contributed by atoms with Gasteiger partial charge < -0.3 is 9.13 Å². The van der Waals surface area contributed by atoms with Crippen LogP contribution in [0.4, 0.5) is 0 Å². The molecule has 0 atom stereocenters. The summed E-state index contributed by atoms with van der Waals surface area (Å²) in [5, 5.41) is 4.96. The van der Waals surface area contributed by atoms with Crippen LogP contribution in [0.1, 0.15) is 0 Å². The van der Waals surface area contributed by atoms with Crippen molar-refractivity contribution in [2.24, 2.45) is 0 Å². The highest BCUT2D eigenvalue weighted by Gasteiger charge is 2.31. The minimum atomic E-state index is -0.0880. The number of benzene rings is 6. The Hall–Kier alpha value is -5.54. The Morgan fingerprint density at radius 2 is 0.930 bits per heavy atom. The van der Waals surface area contributed by atoms with E-state index in [2.05, 4.69) is 168 Å². The van der Waals surface area contributed by atoms with Crippen LogP contribution in [0.3, 0.4) is 0 Å². The molecule has 0 N–H and O–H groups in total. The van der Waals surface area contributed by atoms with Gasteiger partial charge in [0.1, 0.15) is 0 Å². The molecule has 2 nitrogen and oxygen atoms in total. The lowest BCUT2D eigenvalue weighted by atomic mass is 9.35. The first kappa shape index (κ1) is 25.2. The molecule has 0 spiro atoms. The second-order valence-electron chi connectivity index (χ2n) is 11.1. The van der Waals surface area contributed by atoms with E-state index in [9.17, 15) is 0 Å². The SMILES string of the molecule is C=CC(=C)B(c1ccccc1)c1c2c3ccccc3n(-c3ccccc3)c2cc2c1c1ccccc1n2-c1ccccc1. The Kier molecular flexibility index (Phi) is 5.90. The molecule has 0 saturated carbocycles. The standard InChI is InChI=1S/C40H29BN2/c1-3-28(2)41(29-17-7-4-8-18-29)40-38-32-23-13-15-25-34(32)42(30-19-9-5-10-20-30)36(38)27-37-39(40)33-24-14-16-26-35(33)43(37)31-21-11-6-12-22-31/h3-27H,1-2H2.